The van der Waals surface area contributed by atoms with Gasteiger partial charge in [-0.25, -0.2) is 0 Å². The largest absolute Gasteiger partial charge is 0.501 e. The van der Waals surface area contributed by atoms with E-state index in [9.17, 15) is 9.90 Å². The van der Waals surface area contributed by atoms with Gasteiger partial charge in [-0.3, -0.25) is 4.79 Å². The van der Waals surface area contributed by atoms with Gasteiger partial charge >= 0.3 is 5.97 Å². The summed E-state index contributed by atoms with van der Waals surface area (Å²) >= 11 is 0. The first-order chi connectivity index (χ1) is 10.1. The van der Waals surface area contributed by atoms with Crippen LogP contribution in [-0.2, 0) is 20.7 Å². The third-order valence-corrected chi connectivity index (χ3v) is 3.78. The van der Waals surface area contributed by atoms with Crippen LogP contribution in [0.25, 0.3) is 0 Å². The highest BCUT2D eigenvalue weighted by Crippen LogP contribution is 2.37. The van der Waals surface area contributed by atoms with Gasteiger partial charge in [0, 0.05) is 0 Å². The fourth-order valence-electron chi connectivity index (χ4n) is 2.52. The van der Waals surface area contributed by atoms with Gasteiger partial charge in [0.25, 0.3) is 0 Å². The molecule has 1 aromatic carbocycles. The lowest BCUT2D eigenvalue weighted by atomic mass is 9.78. The van der Waals surface area contributed by atoms with Crippen LogP contribution in [0, 0.1) is 5.41 Å². The van der Waals surface area contributed by atoms with Crippen molar-refractivity contribution >= 4 is 5.97 Å². The molecule has 4 nitrogen and oxygen atoms in total. The highest BCUT2D eigenvalue weighted by molar-refractivity contribution is 5.80. The summed E-state index contributed by atoms with van der Waals surface area (Å²) in [7, 11) is 3.10. The van der Waals surface area contributed by atoms with Crippen molar-refractivity contribution in [2.45, 2.75) is 19.3 Å². The Morgan fingerprint density at radius 2 is 1.71 bits per heavy atom. The van der Waals surface area contributed by atoms with Gasteiger partial charge in [0.1, 0.15) is 16.9 Å². The Kier molecular flexibility index (Phi) is 4.68. The Balaban J connectivity index is 2.27. The van der Waals surface area contributed by atoms with Crippen molar-refractivity contribution < 1.29 is 19.4 Å². The standard InChI is InChI=1S/C17H20O4/c1-20-14-10-15(21-2)12-17(11-14,16(18)19)9-8-13-6-4-3-5-7-13/h3-7,11-12H,8-10H2,1-2H3,(H,18,19). The number of rotatable bonds is 6. The molecule has 0 amide bonds. The third-order valence-electron chi connectivity index (χ3n) is 3.78. The van der Waals surface area contributed by atoms with Crippen molar-refractivity contribution in [1.82, 2.24) is 0 Å². The number of carboxylic acid groups (broad SMARTS) is 1. The zero-order valence-electron chi connectivity index (χ0n) is 12.3. The number of ether oxygens (including phenoxy) is 2. The molecule has 0 aromatic heterocycles. The summed E-state index contributed by atoms with van der Waals surface area (Å²) in [5.74, 6) is 0.372. The number of aryl methyl sites for hydroxylation is 1. The molecule has 0 spiro atoms. The normalized spacial score (nSPS) is 16.7. The zero-order chi connectivity index (χ0) is 15.3. The third kappa shape index (κ3) is 3.45. The Morgan fingerprint density at radius 3 is 2.19 bits per heavy atom. The molecular formula is C17H20O4. The van der Waals surface area contributed by atoms with Gasteiger partial charge in [-0.05, 0) is 30.6 Å². The molecule has 0 fully saturated rings. The Labute approximate surface area is 124 Å². The van der Waals surface area contributed by atoms with Crippen LogP contribution in [0.2, 0.25) is 0 Å². The van der Waals surface area contributed by atoms with Crippen molar-refractivity contribution in [2.24, 2.45) is 5.41 Å². The van der Waals surface area contributed by atoms with E-state index in [2.05, 4.69) is 0 Å². The zero-order valence-corrected chi connectivity index (χ0v) is 12.3. The predicted molar refractivity (Wildman–Crippen MR) is 79.6 cm³/mol. The Hall–Kier alpha value is -2.23. The second-order valence-corrected chi connectivity index (χ2v) is 5.14. The molecule has 1 aliphatic carbocycles. The average Bonchev–Trinajstić information content (AvgIpc) is 2.53. The van der Waals surface area contributed by atoms with Crippen LogP contribution in [0.5, 0.6) is 0 Å². The maximum atomic E-state index is 11.8. The van der Waals surface area contributed by atoms with Crippen molar-refractivity contribution in [1.29, 1.82) is 0 Å². The highest BCUT2D eigenvalue weighted by atomic mass is 16.5. The predicted octanol–water partition coefficient (Wildman–Crippen LogP) is 3.15. The fourth-order valence-corrected chi connectivity index (χ4v) is 2.52. The van der Waals surface area contributed by atoms with Gasteiger partial charge in [-0.2, -0.15) is 0 Å². The van der Waals surface area contributed by atoms with Gasteiger partial charge in [-0.15, -0.1) is 0 Å². The molecule has 112 valence electrons. The van der Waals surface area contributed by atoms with Crippen LogP contribution >= 0.6 is 0 Å². The molecule has 1 N–H and O–H groups in total. The molecule has 1 aromatic rings. The second kappa shape index (κ2) is 6.48. The minimum absolute atomic E-state index is 0.464. The van der Waals surface area contributed by atoms with E-state index < -0.39 is 11.4 Å². The van der Waals surface area contributed by atoms with Crippen molar-refractivity contribution in [2.75, 3.05) is 14.2 Å². The van der Waals surface area contributed by atoms with E-state index in [0.717, 1.165) is 5.56 Å². The van der Waals surface area contributed by atoms with E-state index in [1.54, 1.807) is 26.4 Å². The number of hydrogen-bond donors (Lipinski definition) is 1. The number of methoxy groups -OCH3 is 2. The Morgan fingerprint density at radius 1 is 1.14 bits per heavy atom. The average molecular weight is 288 g/mol. The molecule has 0 unspecified atom stereocenters. The maximum absolute atomic E-state index is 11.8. The van der Waals surface area contributed by atoms with Crippen molar-refractivity contribution in [3.8, 4) is 0 Å². The van der Waals surface area contributed by atoms with E-state index in [1.165, 1.54) is 0 Å². The highest BCUT2D eigenvalue weighted by Gasteiger charge is 2.38. The SMILES string of the molecule is COC1=CC(CCc2ccccc2)(C(=O)O)C=C(OC)C1. The van der Waals surface area contributed by atoms with Crippen molar-refractivity contribution in [3.05, 3.63) is 59.6 Å². The number of carbonyl (C=O) groups is 1. The number of carboxylic acids is 1. The van der Waals surface area contributed by atoms with Gasteiger partial charge in [-0.1, -0.05) is 30.3 Å². The summed E-state index contributed by atoms with van der Waals surface area (Å²) in [6.45, 7) is 0. The van der Waals surface area contributed by atoms with E-state index in [0.29, 0.717) is 30.8 Å². The summed E-state index contributed by atoms with van der Waals surface area (Å²) in [5.41, 5.74) is 0.0357. The lowest BCUT2D eigenvalue weighted by molar-refractivity contribution is -0.144. The summed E-state index contributed by atoms with van der Waals surface area (Å²) in [6, 6.07) is 9.86. The van der Waals surface area contributed by atoms with Gasteiger partial charge in [0.05, 0.1) is 20.6 Å². The lowest BCUT2D eigenvalue weighted by Crippen LogP contribution is -2.31. The minimum Gasteiger partial charge on any atom is -0.501 e. The molecule has 4 heteroatoms. The summed E-state index contributed by atoms with van der Waals surface area (Å²) in [6.07, 6.45) is 5.02. The smallest absolute Gasteiger partial charge is 0.317 e. The molecule has 2 rings (SSSR count). The Bertz CT molecular complexity index is 537. The molecule has 21 heavy (non-hydrogen) atoms. The topological polar surface area (TPSA) is 55.8 Å². The number of hydrogen-bond acceptors (Lipinski definition) is 3. The van der Waals surface area contributed by atoms with E-state index >= 15 is 0 Å². The number of aliphatic carboxylic acids is 1. The van der Waals surface area contributed by atoms with Gasteiger partial charge in [0.15, 0.2) is 0 Å². The molecule has 0 bridgehead atoms. The quantitative estimate of drug-likeness (QED) is 0.873. The maximum Gasteiger partial charge on any atom is 0.317 e. The molecule has 0 saturated heterocycles. The second-order valence-electron chi connectivity index (χ2n) is 5.14. The van der Waals surface area contributed by atoms with Crippen LogP contribution in [0.4, 0.5) is 0 Å². The molecule has 0 aliphatic heterocycles. The van der Waals surface area contributed by atoms with Gasteiger partial charge in [0.2, 0.25) is 0 Å². The molecule has 1 aliphatic rings. The van der Waals surface area contributed by atoms with Gasteiger partial charge < -0.3 is 14.6 Å². The van der Waals surface area contributed by atoms with Crippen LogP contribution < -0.4 is 0 Å². The summed E-state index contributed by atoms with van der Waals surface area (Å²) in [5, 5.41) is 9.69. The van der Waals surface area contributed by atoms with Crippen LogP contribution in [0.1, 0.15) is 18.4 Å². The number of benzene rings is 1. The van der Waals surface area contributed by atoms with Crippen LogP contribution in [0.3, 0.4) is 0 Å². The molecule has 0 saturated carbocycles. The first-order valence-electron chi connectivity index (χ1n) is 6.88. The summed E-state index contributed by atoms with van der Waals surface area (Å²) in [4.78, 5) is 11.8. The first-order valence-corrected chi connectivity index (χ1v) is 6.88. The monoisotopic (exact) mass is 288 g/mol. The van der Waals surface area contributed by atoms with E-state index in [-0.39, 0.29) is 0 Å². The molecular weight excluding hydrogens is 268 g/mol. The van der Waals surface area contributed by atoms with E-state index in [4.69, 9.17) is 9.47 Å². The fraction of sp³-hybridized carbons (Fsp3) is 0.353. The van der Waals surface area contributed by atoms with E-state index in [1.807, 2.05) is 30.3 Å². The lowest BCUT2D eigenvalue weighted by Gasteiger charge is -2.28. The molecule has 0 atom stereocenters. The molecule has 0 heterocycles. The first kappa shape index (κ1) is 15.2. The van der Waals surface area contributed by atoms with Crippen LogP contribution in [0.15, 0.2) is 54.0 Å². The van der Waals surface area contributed by atoms with Crippen molar-refractivity contribution in [3.63, 3.8) is 0 Å². The minimum atomic E-state index is -1.08. The summed E-state index contributed by atoms with van der Waals surface area (Å²) < 4.78 is 10.5. The molecule has 0 radical (unpaired) electrons. The van der Waals surface area contributed by atoms with Crippen LogP contribution in [-0.4, -0.2) is 25.3 Å².